The molecule has 2 rings (SSSR count). The Labute approximate surface area is 131 Å². The third-order valence-corrected chi connectivity index (χ3v) is 5.38. The molecule has 0 saturated carbocycles. The number of piperidine rings is 1. The Morgan fingerprint density at radius 3 is 2.14 bits per heavy atom. The molecule has 124 valence electrons. The van der Waals surface area contributed by atoms with Crippen LogP contribution in [0.25, 0.3) is 0 Å². The van der Waals surface area contributed by atoms with E-state index in [0.717, 1.165) is 19.0 Å². The number of piperazine rings is 1. The molecule has 4 heteroatoms. The van der Waals surface area contributed by atoms with E-state index in [1.165, 1.54) is 39.0 Å². The lowest BCUT2D eigenvalue weighted by Gasteiger charge is -2.44. The Bertz CT molecular complexity index is 300. The summed E-state index contributed by atoms with van der Waals surface area (Å²) >= 11 is 0. The Kier molecular flexibility index (Phi) is 6.48. The van der Waals surface area contributed by atoms with Crippen molar-refractivity contribution in [3.05, 3.63) is 0 Å². The van der Waals surface area contributed by atoms with Gasteiger partial charge in [0.15, 0.2) is 0 Å². The normalized spacial score (nSPS) is 27.9. The Morgan fingerprint density at radius 2 is 1.62 bits per heavy atom. The first-order valence-electron chi connectivity index (χ1n) is 8.84. The van der Waals surface area contributed by atoms with Gasteiger partial charge in [-0.05, 0) is 59.5 Å². The van der Waals surface area contributed by atoms with Gasteiger partial charge in [-0.1, -0.05) is 0 Å². The van der Waals surface area contributed by atoms with Crippen molar-refractivity contribution in [2.75, 3.05) is 45.9 Å². The number of aliphatic hydroxyl groups is 1. The summed E-state index contributed by atoms with van der Waals surface area (Å²) in [6.45, 7) is 16.4. The minimum atomic E-state index is 0.292. The van der Waals surface area contributed by atoms with Crippen molar-refractivity contribution in [2.24, 2.45) is 5.92 Å². The molecule has 2 aliphatic heterocycles. The SMILES string of the molecule is CC(C)N1CCC(CN2CCN(C(C)C)C(CO)C2)CC1. The summed E-state index contributed by atoms with van der Waals surface area (Å²) in [5, 5.41) is 9.65. The molecule has 1 unspecified atom stereocenters. The monoisotopic (exact) mass is 297 g/mol. The Hall–Kier alpha value is -0.160. The number of likely N-dealkylation sites (tertiary alicyclic amines) is 1. The molecule has 0 spiro atoms. The smallest absolute Gasteiger partial charge is 0.0599 e. The largest absolute Gasteiger partial charge is 0.395 e. The molecule has 4 nitrogen and oxygen atoms in total. The lowest BCUT2D eigenvalue weighted by molar-refractivity contribution is 0.00997. The predicted molar refractivity (Wildman–Crippen MR) is 88.6 cm³/mol. The standard InChI is InChI=1S/C17H35N3O/c1-14(2)19-7-5-16(6-8-19)11-18-9-10-20(15(3)4)17(12-18)13-21/h14-17,21H,5-13H2,1-4H3. The van der Waals surface area contributed by atoms with Crippen LogP contribution in [0.15, 0.2) is 0 Å². The maximum absolute atomic E-state index is 9.65. The molecule has 21 heavy (non-hydrogen) atoms. The number of hydrogen-bond donors (Lipinski definition) is 1. The van der Waals surface area contributed by atoms with Crippen LogP contribution in [-0.2, 0) is 0 Å². The van der Waals surface area contributed by atoms with Crippen molar-refractivity contribution in [1.29, 1.82) is 0 Å². The third-order valence-electron chi connectivity index (χ3n) is 5.38. The van der Waals surface area contributed by atoms with Crippen LogP contribution >= 0.6 is 0 Å². The Morgan fingerprint density at radius 1 is 0.952 bits per heavy atom. The average molecular weight is 297 g/mol. The van der Waals surface area contributed by atoms with E-state index in [0.29, 0.717) is 24.7 Å². The van der Waals surface area contributed by atoms with Crippen LogP contribution in [0.3, 0.4) is 0 Å². The van der Waals surface area contributed by atoms with E-state index < -0.39 is 0 Å². The Balaban J connectivity index is 1.77. The van der Waals surface area contributed by atoms with Gasteiger partial charge in [0, 0.05) is 44.3 Å². The molecule has 2 fully saturated rings. The fraction of sp³-hybridized carbons (Fsp3) is 1.00. The predicted octanol–water partition coefficient (Wildman–Crippen LogP) is 1.49. The van der Waals surface area contributed by atoms with Gasteiger partial charge in [-0.2, -0.15) is 0 Å². The summed E-state index contributed by atoms with van der Waals surface area (Å²) < 4.78 is 0. The van der Waals surface area contributed by atoms with Gasteiger partial charge in [-0.3, -0.25) is 4.90 Å². The summed E-state index contributed by atoms with van der Waals surface area (Å²) in [4.78, 5) is 7.65. The first-order valence-corrected chi connectivity index (χ1v) is 8.84. The molecule has 0 aromatic heterocycles. The number of nitrogens with zero attached hydrogens (tertiary/aromatic N) is 3. The van der Waals surface area contributed by atoms with E-state index in [1.54, 1.807) is 0 Å². The van der Waals surface area contributed by atoms with E-state index >= 15 is 0 Å². The second-order valence-corrected chi connectivity index (χ2v) is 7.50. The van der Waals surface area contributed by atoms with Crippen molar-refractivity contribution in [2.45, 2.75) is 58.7 Å². The van der Waals surface area contributed by atoms with Gasteiger partial charge >= 0.3 is 0 Å². The zero-order valence-corrected chi connectivity index (χ0v) is 14.5. The van der Waals surface area contributed by atoms with Gasteiger partial charge in [-0.25, -0.2) is 0 Å². The zero-order chi connectivity index (χ0) is 15.4. The van der Waals surface area contributed by atoms with Gasteiger partial charge in [-0.15, -0.1) is 0 Å². The second-order valence-electron chi connectivity index (χ2n) is 7.50. The molecule has 0 aromatic carbocycles. The maximum atomic E-state index is 9.65. The van der Waals surface area contributed by atoms with E-state index in [9.17, 15) is 5.11 Å². The summed E-state index contributed by atoms with van der Waals surface area (Å²) in [5.74, 6) is 0.852. The van der Waals surface area contributed by atoms with Crippen LogP contribution in [0.5, 0.6) is 0 Å². The molecule has 0 bridgehead atoms. The quantitative estimate of drug-likeness (QED) is 0.833. The van der Waals surface area contributed by atoms with E-state index in [1.807, 2.05) is 0 Å². The summed E-state index contributed by atoms with van der Waals surface area (Å²) in [7, 11) is 0. The zero-order valence-electron chi connectivity index (χ0n) is 14.5. The van der Waals surface area contributed by atoms with Crippen LogP contribution < -0.4 is 0 Å². The van der Waals surface area contributed by atoms with Crippen LogP contribution in [0.1, 0.15) is 40.5 Å². The minimum absolute atomic E-state index is 0.292. The molecule has 2 aliphatic rings. The first-order chi connectivity index (χ1) is 10.0. The molecule has 2 saturated heterocycles. The van der Waals surface area contributed by atoms with Crippen LogP contribution in [-0.4, -0.2) is 83.8 Å². The maximum Gasteiger partial charge on any atom is 0.0599 e. The van der Waals surface area contributed by atoms with Crippen LogP contribution in [0.2, 0.25) is 0 Å². The van der Waals surface area contributed by atoms with Crippen LogP contribution in [0, 0.1) is 5.92 Å². The molecule has 1 atom stereocenters. The summed E-state index contributed by atoms with van der Waals surface area (Å²) in [5.41, 5.74) is 0. The average Bonchev–Trinajstić information content (AvgIpc) is 2.47. The summed E-state index contributed by atoms with van der Waals surface area (Å²) in [6, 6.07) is 1.56. The molecule has 1 N–H and O–H groups in total. The van der Waals surface area contributed by atoms with Crippen molar-refractivity contribution in [1.82, 2.24) is 14.7 Å². The molecular weight excluding hydrogens is 262 g/mol. The molecule has 0 radical (unpaired) electrons. The molecular formula is C17H35N3O. The highest BCUT2D eigenvalue weighted by molar-refractivity contribution is 4.85. The van der Waals surface area contributed by atoms with Crippen molar-refractivity contribution in [3.8, 4) is 0 Å². The molecule has 0 amide bonds. The lowest BCUT2D eigenvalue weighted by atomic mass is 9.94. The first kappa shape index (κ1) is 17.2. The molecule has 2 heterocycles. The van der Waals surface area contributed by atoms with Gasteiger partial charge < -0.3 is 14.9 Å². The molecule has 0 aliphatic carbocycles. The van der Waals surface area contributed by atoms with Gasteiger partial charge in [0.1, 0.15) is 0 Å². The van der Waals surface area contributed by atoms with Crippen molar-refractivity contribution < 1.29 is 5.11 Å². The van der Waals surface area contributed by atoms with E-state index in [2.05, 4.69) is 42.4 Å². The van der Waals surface area contributed by atoms with Crippen molar-refractivity contribution in [3.63, 3.8) is 0 Å². The van der Waals surface area contributed by atoms with E-state index in [4.69, 9.17) is 0 Å². The van der Waals surface area contributed by atoms with Gasteiger partial charge in [0.2, 0.25) is 0 Å². The fourth-order valence-corrected chi connectivity index (χ4v) is 3.96. The highest BCUT2D eigenvalue weighted by Gasteiger charge is 2.30. The molecule has 0 aromatic rings. The van der Waals surface area contributed by atoms with E-state index in [-0.39, 0.29) is 0 Å². The highest BCUT2D eigenvalue weighted by atomic mass is 16.3. The highest BCUT2D eigenvalue weighted by Crippen LogP contribution is 2.22. The fourth-order valence-electron chi connectivity index (χ4n) is 3.96. The number of hydrogen-bond acceptors (Lipinski definition) is 4. The van der Waals surface area contributed by atoms with Crippen LogP contribution in [0.4, 0.5) is 0 Å². The third kappa shape index (κ3) is 4.65. The summed E-state index contributed by atoms with van der Waals surface area (Å²) in [6.07, 6.45) is 2.68. The van der Waals surface area contributed by atoms with Crippen molar-refractivity contribution >= 4 is 0 Å². The number of rotatable bonds is 5. The minimum Gasteiger partial charge on any atom is -0.395 e. The number of aliphatic hydroxyl groups excluding tert-OH is 1. The lowest BCUT2D eigenvalue weighted by Crippen LogP contribution is -2.57. The topological polar surface area (TPSA) is 30.0 Å². The van der Waals surface area contributed by atoms with Gasteiger partial charge in [0.05, 0.1) is 6.61 Å². The van der Waals surface area contributed by atoms with Gasteiger partial charge in [0.25, 0.3) is 0 Å². The second kappa shape index (κ2) is 7.91.